The fourth-order valence-electron chi connectivity index (χ4n) is 3.83. The number of carboxylic acids is 1. The molecule has 0 bridgehead atoms. The molecule has 2 aliphatic rings. The zero-order valence-electron chi connectivity index (χ0n) is 16.2. The lowest BCUT2D eigenvalue weighted by atomic mass is 9.87. The number of halogens is 2. The Morgan fingerprint density at radius 3 is 2.00 bits per heavy atom. The van der Waals surface area contributed by atoms with Crippen LogP contribution in [-0.4, -0.2) is 21.1 Å². The van der Waals surface area contributed by atoms with Crippen LogP contribution in [0.4, 0.5) is 0 Å². The van der Waals surface area contributed by atoms with Crippen molar-refractivity contribution in [3.05, 3.63) is 80.3 Å². The highest BCUT2D eigenvalue weighted by Crippen LogP contribution is 2.55. The molecule has 0 aliphatic carbocycles. The molecule has 0 fully saturated rings. The van der Waals surface area contributed by atoms with Crippen LogP contribution in [-0.2, 0) is 4.79 Å². The Kier molecular flexibility index (Phi) is 5.18. The summed E-state index contributed by atoms with van der Waals surface area (Å²) in [4.78, 5) is 19.4. The van der Waals surface area contributed by atoms with Crippen LogP contribution in [0.15, 0.2) is 64.1 Å². The second-order valence-electron chi connectivity index (χ2n) is 8.11. The number of benzene rings is 2. The van der Waals surface area contributed by atoms with Crippen LogP contribution in [0, 0.1) is 5.41 Å². The monoisotopic (exact) mass is 446 g/mol. The van der Waals surface area contributed by atoms with Gasteiger partial charge in [0.1, 0.15) is 10.9 Å². The summed E-state index contributed by atoms with van der Waals surface area (Å²) in [5.74, 6) is -0.921. The minimum absolute atomic E-state index is 0.165. The van der Waals surface area contributed by atoms with Crippen molar-refractivity contribution in [2.24, 2.45) is 10.4 Å². The predicted octanol–water partition coefficient (Wildman–Crippen LogP) is 6.54. The first kappa shape index (κ1) is 20.3. The van der Waals surface area contributed by atoms with Crippen molar-refractivity contribution in [3.8, 4) is 0 Å². The molecule has 2 aromatic carbocycles. The Hall–Kier alpha value is -1.95. The van der Waals surface area contributed by atoms with Crippen LogP contribution in [0.5, 0.6) is 0 Å². The van der Waals surface area contributed by atoms with E-state index in [-0.39, 0.29) is 17.5 Å². The summed E-state index contributed by atoms with van der Waals surface area (Å²) < 4.78 is 0. The Morgan fingerprint density at radius 2 is 1.52 bits per heavy atom. The molecule has 1 N–H and O–H groups in total. The number of carboxylic acid groups (broad SMARTS) is 1. The normalized spacial score (nSPS) is 21.4. The third kappa shape index (κ3) is 3.67. The Bertz CT molecular complexity index is 1020. The highest BCUT2D eigenvalue weighted by atomic mass is 35.5. The number of aliphatic carboxylic acids is 1. The van der Waals surface area contributed by atoms with Gasteiger partial charge in [-0.05, 0) is 47.2 Å². The van der Waals surface area contributed by atoms with Gasteiger partial charge in [0.05, 0.1) is 6.04 Å². The lowest BCUT2D eigenvalue weighted by Crippen LogP contribution is -2.32. The molecular weight excluding hydrogens is 427 g/mol. The van der Waals surface area contributed by atoms with Crippen LogP contribution >= 0.6 is 35.0 Å². The number of amidine groups is 1. The Labute approximate surface area is 184 Å². The average Bonchev–Trinajstić information content (AvgIpc) is 3.19. The van der Waals surface area contributed by atoms with Crippen molar-refractivity contribution in [2.75, 3.05) is 0 Å². The molecular formula is C22H20Cl2N2O2S. The summed E-state index contributed by atoms with van der Waals surface area (Å²) in [6.07, 6.45) is 0. The van der Waals surface area contributed by atoms with E-state index in [9.17, 15) is 9.90 Å². The first-order valence-corrected chi connectivity index (χ1v) is 10.8. The molecule has 0 amide bonds. The lowest BCUT2D eigenvalue weighted by Gasteiger charge is -2.35. The lowest BCUT2D eigenvalue weighted by molar-refractivity contribution is -0.132. The third-order valence-electron chi connectivity index (χ3n) is 5.01. The fraction of sp³-hybridized carbons (Fsp3) is 0.273. The highest BCUT2D eigenvalue weighted by molar-refractivity contribution is 8.18. The number of rotatable bonds is 3. The van der Waals surface area contributed by atoms with Gasteiger partial charge in [-0.15, -0.1) is 0 Å². The molecule has 2 heterocycles. The molecule has 0 spiro atoms. The van der Waals surface area contributed by atoms with E-state index in [1.165, 1.54) is 11.8 Å². The number of hydrogen-bond donors (Lipinski definition) is 1. The van der Waals surface area contributed by atoms with Crippen LogP contribution in [0.25, 0.3) is 0 Å². The van der Waals surface area contributed by atoms with E-state index in [0.29, 0.717) is 20.1 Å². The fourth-order valence-corrected chi connectivity index (χ4v) is 5.32. The number of fused-ring (bicyclic) bond motifs is 1. The molecule has 2 aliphatic heterocycles. The van der Waals surface area contributed by atoms with E-state index in [0.717, 1.165) is 16.8 Å². The van der Waals surface area contributed by atoms with Gasteiger partial charge in [-0.1, -0.05) is 68.2 Å². The van der Waals surface area contributed by atoms with E-state index in [2.05, 4.69) is 4.90 Å². The molecule has 4 nitrogen and oxygen atoms in total. The van der Waals surface area contributed by atoms with Crippen molar-refractivity contribution < 1.29 is 9.90 Å². The maximum absolute atomic E-state index is 12.0. The van der Waals surface area contributed by atoms with Gasteiger partial charge < -0.3 is 10.0 Å². The summed E-state index contributed by atoms with van der Waals surface area (Å²) in [7, 11) is 0. The summed E-state index contributed by atoms with van der Waals surface area (Å²) in [6.45, 7) is 6.09. The zero-order chi connectivity index (χ0) is 20.9. The van der Waals surface area contributed by atoms with Crippen LogP contribution in [0.1, 0.15) is 44.0 Å². The molecule has 2 aromatic rings. The van der Waals surface area contributed by atoms with Crippen molar-refractivity contribution in [2.45, 2.75) is 32.9 Å². The molecule has 0 saturated carbocycles. The van der Waals surface area contributed by atoms with Gasteiger partial charge in [0, 0.05) is 21.2 Å². The second kappa shape index (κ2) is 7.38. The van der Waals surface area contributed by atoms with Crippen molar-refractivity contribution in [1.82, 2.24) is 4.90 Å². The predicted molar refractivity (Wildman–Crippen MR) is 119 cm³/mol. The number of thioether (sulfide) groups is 1. The molecule has 150 valence electrons. The summed E-state index contributed by atoms with van der Waals surface area (Å²) in [6, 6.07) is 15.0. The SMILES string of the molecule is CC(C)(C)C1=C(C(=O)O)SC2=N[C@@H](c3ccc(Cl)cc3)[C@@H](c3ccc(Cl)cc3)N21. The standard InChI is InChI=1S/C22H20Cl2N2O2S/c1-22(2,3)19-18(20(27)28)29-21-25-16(12-4-8-14(23)9-5-12)17(26(19)21)13-6-10-15(24)11-7-13/h4-11,16-17H,1-3H3,(H,27,28)/t16-,17+/m0/s1. The van der Waals surface area contributed by atoms with Gasteiger partial charge in [-0.2, -0.15) is 0 Å². The van der Waals surface area contributed by atoms with Gasteiger partial charge in [0.2, 0.25) is 0 Å². The van der Waals surface area contributed by atoms with Crippen molar-refractivity contribution >= 4 is 46.1 Å². The molecule has 29 heavy (non-hydrogen) atoms. The van der Waals surface area contributed by atoms with Crippen LogP contribution in [0.3, 0.4) is 0 Å². The average molecular weight is 447 g/mol. The molecule has 0 unspecified atom stereocenters. The number of nitrogens with zero attached hydrogens (tertiary/aromatic N) is 2. The van der Waals surface area contributed by atoms with E-state index in [1.54, 1.807) is 0 Å². The third-order valence-corrected chi connectivity index (χ3v) is 6.57. The maximum Gasteiger partial charge on any atom is 0.344 e. The molecule has 0 aromatic heterocycles. The molecule has 4 rings (SSSR count). The first-order valence-electron chi connectivity index (χ1n) is 9.20. The second-order valence-corrected chi connectivity index (χ2v) is 9.96. The van der Waals surface area contributed by atoms with E-state index in [4.69, 9.17) is 28.2 Å². The molecule has 2 atom stereocenters. The molecule has 0 radical (unpaired) electrons. The van der Waals surface area contributed by atoms with Crippen LogP contribution < -0.4 is 0 Å². The number of carbonyl (C=O) groups is 1. The zero-order valence-corrected chi connectivity index (χ0v) is 18.5. The van der Waals surface area contributed by atoms with E-state index >= 15 is 0 Å². The minimum Gasteiger partial charge on any atom is -0.477 e. The van der Waals surface area contributed by atoms with E-state index < -0.39 is 5.97 Å². The quantitative estimate of drug-likeness (QED) is 0.581. The maximum atomic E-state index is 12.0. The topological polar surface area (TPSA) is 52.9 Å². The number of allylic oxidation sites excluding steroid dienone is 1. The Balaban J connectivity index is 1.88. The molecule has 7 heteroatoms. The van der Waals surface area contributed by atoms with Crippen molar-refractivity contribution in [3.63, 3.8) is 0 Å². The highest BCUT2D eigenvalue weighted by Gasteiger charge is 2.49. The van der Waals surface area contributed by atoms with Gasteiger partial charge in [-0.3, -0.25) is 4.99 Å². The summed E-state index contributed by atoms with van der Waals surface area (Å²) in [5.41, 5.74) is 2.48. The van der Waals surface area contributed by atoms with Gasteiger partial charge in [0.15, 0.2) is 5.17 Å². The summed E-state index contributed by atoms with van der Waals surface area (Å²) >= 11 is 13.4. The van der Waals surface area contributed by atoms with Gasteiger partial charge in [-0.25, -0.2) is 4.79 Å². The summed E-state index contributed by atoms with van der Waals surface area (Å²) in [5, 5.41) is 11.9. The number of aliphatic imine (C=N–C) groups is 1. The largest absolute Gasteiger partial charge is 0.477 e. The smallest absolute Gasteiger partial charge is 0.344 e. The van der Waals surface area contributed by atoms with Gasteiger partial charge in [0.25, 0.3) is 0 Å². The molecule has 0 saturated heterocycles. The Morgan fingerprint density at radius 1 is 1.00 bits per heavy atom. The van der Waals surface area contributed by atoms with Crippen LogP contribution in [0.2, 0.25) is 10.0 Å². The minimum atomic E-state index is -0.921. The van der Waals surface area contributed by atoms with E-state index in [1.807, 2.05) is 69.3 Å². The van der Waals surface area contributed by atoms with Crippen molar-refractivity contribution in [1.29, 1.82) is 0 Å². The first-order chi connectivity index (χ1) is 13.7. The number of hydrogen-bond acceptors (Lipinski definition) is 4. The van der Waals surface area contributed by atoms with Gasteiger partial charge >= 0.3 is 5.97 Å².